The first kappa shape index (κ1) is 15.7. The van der Waals surface area contributed by atoms with Crippen LogP contribution in [0.25, 0.3) is 0 Å². The lowest BCUT2D eigenvalue weighted by Gasteiger charge is -2.23. The number of aryl methyl sites for hydroxylation is 1. The molecule has 0 unspecified atom stereocenters. The average Bonchev–Trinajstić information content (AvgIpc) is 2.36. The van der Waals surface area contributed by atoms with Gasteiger partial charge in [0.1, 0.15) is 0 Å². The summed E-state index contributed by atoms with van der Waals surface area (Å²) in [7, 11) is 1.80. The molecule has 0 aliphatic heterocycles. The third kappa shape index (κ3) is 4.06. The minimum Gasteiger partial charge on any atom is -0.350 e. The predicted molar refractivity (Wildman–Crippen MR) is 80.3 cm³/mol. The van der Waals surface area contributed by atoms with Crippen molar-refractivity contribution in [3.8, 4) is 0 Å². The van der Waals surface area contributed by atoms with Crippen molar-refractivity contribution < 1.29 is 4.79 Å². The zero-order valence-corrected chi connectivity index (χ0v) is 12.9. The number of likely N-dealkylation sites (N-methyl/N-ethyl adjacent to an activating group) is 1. The quantitative estimate of drug-likeness (QED) is 0.856. The van der Waals surface area contributed by atoms with Gasteiger partial charge in [0.05, 0.1) is 5.54 Å². The van der Waals surface area contributed by atoms with Gasteiger partial charge in [-0.15, -0.1) is 0 Å². The van der Waals surface area contributed by atoms with Crippen molar-refractivity contribution in [3.05, 3.63) is 34.9 Å². The molecule has 0 radical (unpaired) electrons. The number of carbonyl (C=O) groups is 1. The van der Waals surface area contributed by atoms with Gasteiger partial charge in [-0.2, -0.15) is 0 Å². The van der Waals surface area contributed by atoms with Crippen LogP contribution in [-0.2, 0) is 11.3 Å². The van der Waals surface area contributed by atoms with Crippen LogP contribution in [0.5, 0.6) is 0 Å². The molecule has 0 spiro atoms. The van der Waals surface area contributed by atoms with Crippen LogP contribution in [-0.4, -0.2) is 18.5 Å². The fourth-order valence-corrected chi connectivity index (χ4v) is 1.75. The number of benzene rings is 1. The van der Waals surface area contributed by atoms with Gasteiger partial charge in [0, 0.05) is 6.54 Å². The third-order valence-corrected chi connectivity index (χ3v) is 3.67. The van der Waals surface area contributed by atoms with Crippen molar-refractivity contribution in [1.82, 2.24) is 10.6 Å². The molecule has 1 rings (SSSR count). The van der Waals surface area contributed by atoms with E-state index in [0.717, 1.165) is 0 Å². The van der Waals surface area contributed by atoms with Crippen LogP contribution in [0, 0.1) is 6.92 Å². The molecule has 106 valence electrons. The van der Waals surface area contributed by atoms with E-state index < -0.39 is 5.54 Å². The van der Waals surface area contributed by atoms with E-state index in [1.807, 2.05) is 13.8 Å². The minimum atomic E-state index is -0.538. The maximum absolute atomic E-state index is 12.0. The van der Waals surface area contributed by atoms with Gasteiger partial charge >= 0.3 is 0 Å². The van der Waals surface area contributed by atoms with Crippen LogP contribution in [0.2, 0.25) is 0 Å². The Balaban J connectivity index is 2.78. The minimum absolute atomic E-state index is 0.0179. The summed E-state index contributed by atoms with van der Waals surface area (Å²) < 4.78 is 0. The van der Waals surface area contributed by atoms with Gasteiger partial charge < -0.3 is 10.6 Å². The number of hydrogen-bond acceptors (Lipinski definition) is 2. The molecule has 0 aliphatic rings. The normalized spacial score (nSPS) is 11.7. The van der Waals surface area contributed by atoms with Gasteiger partial charge in [-0.05, 0) is 50.4 Å². The molecule has 3 heteroatoms. The summed E-state index contributed by atoms with van der Waals surface area (Å²) in [5.74, 6) is 0.521. The maximum atomic E-state index is 12.0. The molecule has 1 amide bonds. The molecule has 19 heavy (non-hydrogen) atoms. The fourth-order valence-electron chi connectivity index (χ4n) is 1.75. The first-order valence-corrected chi connectivity index (χ1v) is 6.84. The Morgan fingerprint density at radius 1 is 1.32 bits per heavy atom. The molecule has 0 saturated heterocycles. The van der Waals surface area contributed by atoms with Gasteiger partial charge in [-0.3, -0.25) is 4.79 Å². The Labute approximate surface area is 116 Å². The summed E-state index contributed by atoms with van der Waals surface area (Å²) in [6, 6.07) is 6.47. The van der Waals surface area contributed by atoms with E-state index in [2.05, 4.69) is 49.6 Å². The molecule has 2 N–H and O–H groups in total. The van der Waals surface area contributed by atoms with Crippen LogP contribution in [0.15, 0.2) is 18.2 Å². The van der Waals surface area contributed by atoms with Gasteiger partial charge in [0.15, 0.2) is 0 Å². The summed E-state index contributed by atoms with van der Waals surface area (Å²) in [4.78, 5) is 12.0. The molecular weight excluding hydrogens is 236 g/mol. The fraction of sp³-hybridized carbons (Fsp3) is 0.562. The second-order valence-corrected chi connectivity index (χ2v) is 5.90. The van der Waals surface area contributed by atoms with Crippen molar-refractivity contribution in [2.45, 2.75) is 52.6 Å². The molecular formula is C16H26N2O. The molecule has 0 aromatic heterocycles. The Morgan fingerprint density at radius 2 is 1.95 bits per heavy atom. The number of rotatable bonds is 5. The van der Waals surface area contributed by atoms with Crippen molar-refractivity contribution in [1.29, 1.82) is 0 Å². The number of amides is 1. The topological polar surface area (TPSA) is 41.1 Å². The van der Waals surface area contributed by atoms with E-state index in [1.165, 1.54) is 16.7 Å². The van der Waals surface area contributed by atoms with Crippen molar-refractivity contribution >= 4 is 5.91 Å². The number of carbonyl (C=O) groups excluding carboxylic acids is 1. The van der Waals surface area contributed by atoms with E-state index in [9.17, 15) is 4.79 Å². The van der Waals surface area contributed by atoms with Crippen LogP contribution in [0.1, 0.15) is 50.3 Å². The summed E-state index contributed by atoms with van der Waals surface area (Å²) in [6.45, 7) is 10.8. The molecule has 0 atom stereocenters. The second-order valence-electron chi connectivity index (χ2n) is 5.90. The highest BCUT2D eigenvalue weighted by Crippen LogP contribution is 2.18. The summed E-state index contributed by atoms with van der Waals surface area (Å²) in [5, 5.41) is 6.01. The Hall–Kier alpha value is -1.35. The van der Waals surface area contributed by atoms with E-state index in [-0.39, 0.29) is 5.91 Å². The lowest BCUT2D eigenvalue weighted by molar-refractivity contribution is -0.126. The first-order chi connectivity index (χ1) is 8.77. The standard InChI is InChI=1S/C16H26N2O/c1-11(2)13-8-7-12(3)14(9-13)10-18-15(19)16(4,5)17-6/h7-9,11,17H,10H2,1-6H3,(H,18,19). The Morgan fingerprint density at radius 3 is 2.47 bits per heavy atom. The molecule has 1 aromatic carbocycles. The van der Waals surface area contributed by atoms with Gasteiger partial charge in [0.2, 0.25) is 5.91 Å². The summed E-state index contributed by atoms with van der Waals surface area (Å²) in [5.41, 5.74) is 3.17. The highest BCUT2D eigenvalue weighted by molar-refractivity contribution is 5.85. The molecule has 0 aliphatic carbocycles. The SMILES string of the molecule is CNC(C)(C)C(=O)NCc1cc(C(C)C)ccc1C. The molecule has 3 nitrogen and oxygen atoms in total. The third-order valence-electron chi connectivity index (χ3n) is 3.67. The van der Waals surface area contributed by atoms with E-state index in [0.29, 0.717) is 12.5 Å². The van der Waals surface area contributed by atoms with E-state index in [4.69, 9.17) is 0 Å². The van der Waals surface area contributed by atoms with Gasteiger partial charge in [0.25, 0.3) is 0 Å². The van der Waals surface area contributed by atoms with Gasteiger partial charge in [-0.1, -0.05) is 32.0 Å². The van der Waals surface area contributed by atoms with E-state index >= 15 is 0 Å². The predicted octanol–water partition coefficient (Wildman–Crippen LogP) is 2.73. The van der Waals surface area contributed by atoms with E-state index in [1.54, 1.807) is 7.05 Å². The lowest BCUT2D eigenvalue weighted by atomic mass is 9.97. The highest BCUT2D eigenvalue weighted by Gasteiger charge is 2.24. The summed E-state index contributed by atoms with van der Waals surface area (Å²) in [6.07, 6.45) is 0. The monoisotopic (exact) mass is 262 g/mol. The van der Waals surface area contributed by atoms with Crippen molar-refractivity contribution in [2.75, 3.05) is 7.05 Å². The van der Waals surface area contributed by atoms with Gasteiger partial charge in [-0.25, -0.2) is 0 Å². The highest BCUT2D eigenvalue weighted by atomic mass is 16.2. The van der Waals surface area contributed by atoms with Crippen LogP contribution in [0.4, 0.5) is 0 Å². The first-order valence-electron chi connectivity index (χ1n) is 6.84. The van der Waals surface area contributed by atoms with Crippen molar-refractivity contribution in [2.24, 2.45) is 0 Å². The van der Waals surface area contributed by atoms with Crippen LogP contribution < -0.4 is 10.6 Å². The molecule has 0 heterocycles. The summed E-state index contributed by atoms with van der Waals surface area (Å²) >= 11 is 0. The lowest BCUT2D eigenvalue weighted by Crippen LogP contribution is -2.50. The van der Waals surface area contributed by atoms with Crippen LogP contribution in [0.3, 0.4) is 0 Å². The zero-order valence-electron chi connectivity index (χ0n) is 12.9. The zero-order chi connectivity index (χ0) is 14.6. The Kier molecular flexibility index (Phi) is 5.12. The maximum Gasteiger partial charge on any atom is 0.239 e. The van der Waals surface area contributed by atoms with Crippen molar-refractivity contribution in [3.63, 3.8) is 0 Å². The molecule has 1 aromatic rings. The average molecular weight is 262 g/mol. The van der Waals surface area contributed by atoms with Crippen LogP contribution >= 0.6 is 0 Å². The molecule has 0 bridgehead atoms. The largest absolute Gasteiger partial charge is 0.350 e. The Bertz CT molecular complexity index is 450. The molecule has 0 fully saturated rings. The number of nitrogens with one attached hydrogen (secondary N) is 2. The second kappa shape index (κ2) is 6.20. The smallest absolute Gasteiger partial charge is 0.239 e. The molecule has 0 saturated carbocycles. The number of hydrogen-bond donors (Lipinski definition) is 2.